The predicted octanol–water partition coefficient (Wildman–Crippen LogP) is 1.50. The smallest absolute Gasteiger partial charge is 0.380 e. The summed E-state index contributed by atoms with van der Waals surface area (Å²) >= 11 is 0. The number of aliphatic imine (C=N–C) groups is 1. The van der Waals surface area contributed by atoms with Gasteiger partial charge in [-0.05, 0) is 11.6 Å². The van der Waals surface area contributed by atoms with Crippen LogP contribution in [0.4, 0.5) is 17.6 Å². The monoisotopic (exact) mass is 374 g/mol. The van der Waals surface area contributed by atoms with Crippen LogP contribution in [-0.4, -0.2) is 40.1 Å². The first-order valence-electron chi connectivity index (χ1n) is 7.52. The van der Waals surface area contributed by atoms with E-state index in [9.17, 15) is 17.6 Å². The van der Waals surface area contributed by atoms with E-state index in [1.165, 1.54) is 41.2 Å². The van der Waals surface area contributed by atoms with Gasteiger partial charge in [-0.3, -0.25) is 5.41 Å². The minimum Gasteiger partial charge on any atom is -0.380 e. The van der Waals surface area contributed by atoms with Crippen molar-refractivity contribution >= 4 is 30.6 Å². The van der Waals surface area contributed by atoms with Crippen molar-refractivity contribution in [2.75, 3.05) is 0 Å². The third-order valence-corrected chi connectivity index (χ3v) is 3.64. The van der Waals surface area contributed by atoms with Gasteiger partial charge in [0.25, 0.3) is 0 Å². The topological polar surface area (TPSA) is 92.4 Å². The van der Waals surface area contributed by atoms with Crippen molar-refractivity contribution < 1.29 is 17.6 Å². The van der Waals surface area contributed by atoms with Crippen molar-refractivity contribution in [1.82, 2.24) is 14.4 Å². The summed E-state index contributed by atoms with van der Waals surface area (Å²) in [6, 6.07) is 4.03. The fourth-order valence-electron chi connectivity index (χ4n) is 2.38. The number of alkyl halides is 3. The van der Waals surface area contributed by atoms with Crippen LogP contribution in [0.15, 0.2) is 41.8 Å². The zero-order valence-electron chi connectivity index (χ0n) is 13.6. The Morgan fingerprint density at radius 3 is 2.78 bits per heavy atom. The maximum atomic E-state index is 14.0. The molecular weight excluding hydrogens is 363 g/mol. The molecule has 27 heavy (non-hydrogen) atoms. The third kappa shape index (κ3) is 3.96. The molecule has 0 amide bonds. The molecule has 3 aromatic rings. The summed E-state index contributed by atoms with van der Waals surface area (Å²) in [5.41, 5.74) is 5.86. The first kappa shape index (κ1) is 18.6. The standard InChI is InChI=1S/C16H11BF4N6/c17-9-1-2-10(18)8(5-9)6-11-14-24-3-4-27(14)7-12(25-11)13(22)26-15(23)16(19,20)21/h1-5,7H,6H2,(H3,22,23,26). The molecule has 6 nitrogen and oxygen atoms in total. The Labute approximate surface area is 151 Å². The van der Waals surface area contributed by atoms with E-state index in [2.05, 4.69) is 15.0 Å². The van der Waals surface area contributed by atoms with Gasteiger partial charge in [0.15, 0.2) is 11.5 Å². The van der Waals surface area contributed by atoms with E-state index in [1.54, 1.807) is 0 Å². The summed E-state index contributed by atoms with van der Waals surface area (Å²) < 4.78 is 53.1. The molecule has 0 spiro atoms. The molecule has 0 fully saturated rings. The molecule has 3 N–H and O–H groups in total. The molecule has 2 aromatic heterocycles. The third-order valence-electron chi connectivity index (χ3n) is 3.64. The highest BCUT2D eigenvalue weighted by molar-refractivity contribution is 6.32. The number of hydrogen-bond acceptors (Lipinski definition) is 3. The van der Waals surface area contributed by atoms with Crippen LogP contribution in [0, 0.1) is 11.2 Å². The van der Waals surface area contributed by atoms with Crippen molar-refractivity contribution in [1.29, 1.82) is 5.41 Å². The number of nitrogens with zero attached hydrogens (tertiary/aromatic N) is 4. The maximum absolute atomic E-state index is 14.0. The summed E-state index contributed by atoms with van der Waals surface area (Å²) in [7, 11) is 5.67. The number of halogens is 4. The van der Waals surface area contributed by atoms with Crippen molar-refractivity contribution in [2.45, 2.75) is 12.6 Å². The van der Waals surface area contributed by atoms with E-state index in [4.69, 9.17) is 19.0 Å². The second kappa shape index (κ2) is 6.82. The van der Waals surface area contributed by atoms with E-state index in [-0.39, 0.29) is 23.4 Å². The van der Waals surface area contributed by atoms with E-state index in [0.29, 0.717) is 11.1 Å². The Hall–Kier alpha value is -3.24. The molecule has 3 rings (SSSR count). The number of nitrogens with two attached hydrogens (primary N) is 1. The first-order chi connectivity index (χ1) is 12.6. The van der Waals surface area contributed by atoms with Gasteiger partial charge < -0.3 is 10.1 Å². The van der Waals surface area contributed by atoms with Gasteiger partial charge in [0.1, 0.15) is 19.4 Å². The Morgan fingerprint density at radius 2 is 2.07 bits per heavy atom. The van der Waals surface area contributed by atoms with E-state index in [1.807, 2.05) is 0 Å². The summed E-state index contributed by atoms with van der Waals surface area (Å²) in [6.07, 6.45) is -0.645. The summed E-state index contributed by atoms with van der Waals surface area (Å²) in [5, 5.41) is 7.76. The van der Waals surface area contributed by atoms with Crippen LogP contribution in [0.5, 0.6) is 0 Å². The molecule has 136 valence electrons. The highest BCUT2D eigenvalue weighted by atomic mass is 19.4. The van der Waals surface area contributed by atoms with Crippen molar-refractivity contribution in [2.24, 2.45) is 10.7 Å². The van der Waals surface area contributed by atoms with Gasteiger partial charge in [-0.25, -0.2) is 19.4 Å². The van der Waals surface area contributed by atoms with Gasteiger partial charge in [0.2, 0.25) is 5.84 Å². The van der Waals surface area contributed by atoms with Gasteiger partial charge >= 0.3 is 6.18 Å². The van der Waals surface area contributed by atoms with Gasteiger partial charge in [0, 0.05) is 25.0 Å². The van der Waals surface area contributed by atoms with Gasteiger partial charge in [-0.15, -0.1) is 0 Å². The molecule has 0 aliphatic rings. The number of nitrogens with one attached hydrogen (secondary N) is 1. The van der Waals surface area contributed by atoms with Gasteiger partial charge in [-0.1, -0.05) is 17.6 Å². The number of amidine groups is 2. The molecule has 1 aromatic carbocycles. The quantitative estimate of drug-likeness (QED) is 0.315. The number of aromatic nitrogens is 3. The Morgan fingerprint density at radius 1 is 1.33 bits per heavy atom. The lowest BCUT2D eigenvalue weighted by molar-refractivity contribution is -0.0597. The molecule has 0 saturated carbocycles. The summed E-state index contributed by atoms with van der Waals surface area (Å²) in [5.74, 6) is -2.96. The number of hydrogen-bond donors (Lipinski definition) is 2. The fraction of sp³-hybridized carbons (Fsp3) is 0.125. The van der Waals surface area contributed by atoms with Crippen LogP contribution in [0.1, 0.15) is 17.0 Å². The first-order valence-corrected chi connectivity index (χ1v) is 7.52. The van der Waals surface area contributed by atoms with E-state index < -0.39 is 23.7 Å². The highest BCUT2D eigenvalue weighted by Gasteiger charge is 2.34. The Bertz CT molecular complexity index is 1060. The fourth-order valence-corrected chi connectivity index (χ4v) is 2.38. The minimum atomic E-state index is -4.86. The summed E-state index contributed by atoms with van der Waals surface area (Å²) in [6.45, 7) is 0. The molecular formula is C16H11BF4N6. The Balaban J connectivity index is 2.05. The van der Waals surface area contributed by atoms with E-state index >= 15 is 0 Å². The average Bonchev–Trinajstić information content (AvgIpc) is 3.06. The number of rotatable bonds is 3. The zero-order chi connectivity index (χ0) is 19.8. The summed E-state index contributed by atoms with van der Waals surface area (Å²) in [4.78, 5) is 11.3. The van der Waals surface area contributed by atoms with Crippen LogP contribution >= 0.6 is 0 Å². The van der Waals surface area contributed by atoms with Crippen LogP contribution in [0.3, 0.4) is 0 Å². The molecule has 11 heteroatoms. The normalized spacial score (nSPS) is 12.5. The van der Waals surface area contributed by atoms with Gasteiger partial charge in [0.05, 0.1) is 5.69 Å². The Kier molecular flexibility index (Phi) is 4.69. The molecule has 0 saturated heterocycles. The lowest BCUT2D eigenvalue weighted by Crippen LogP contribution is -2.32. The van der Waals surface area contributed by atoms with Crippen LogP contribution < -0.4 is 11.2 Å². The molecule has 2 radical (unpaired) electrons. The molecule has 0 atom stereocenters. The second-order valence-corrected chi connectivity index (χ2v) is 5.60. The lowest BCUT2D eigenvalue weighted by Gasteiger charge is -2.09. The second-order valence-electron chi connectivity index (χ2n) is 5.60. The zero-order valence-corrected chi connectivity index (χ0v) is 13.6. The molecule has 0 bridgehead atoms. The lowest BCUT2D eigenvalue weighted by atomic mass is 9.93. The largest absolute Gasteiger partial charge is 0.449 e. The predicted molar refractivity (Wildman–Crippen MR) is 92.1 cm³/mol. The number of fused-ring (bicyclic) bond motifs is 1. The van der Waals surface area contributed by atoms with E-state index in [0.717, 1.165) is 0 Å². The molecule has 2 heterocycles. The van der Waals surface area contributed by atoms with Crippen LogP contribution in [-0.2, 0) is 6.42 Å². The van der Waals surface area contributed by atoms with Gasteiger partial charge in [-0.2, -0.15) is 13.2 Å². The highest BCUT2D eigenvalue weighted by Crippen LogP contribution is 2.17. The molecule has 0 unspecified atom stereocenters. The molecule has 0 aliphatic heterocycles. The maximum Gasteiger partial charge on any atom is 0.449 e. The number of imidazole rings is 1. The van der Waals surface area contributed by atoms with Crippen molar-refractivity contribution in [3.8, 4) is 0 Å². The number of benzene rings is 1. The van der Waals surface area contributed by atoms with Crippen LogP contribution in [0.25, 0.3) is 5.65 Å². The minimum absolute atomic E-state index is 0.0308. The SMILES string of the molecule is [B]c1ccc(F)c(Cc2nc(C(=N)N=C(N)C(F)(F)F)cn3ccnc23)c1. The van der Waals surface area contributed by atoms with Crippen molar-refractivity contribution in [3.63, 3.8) is 0 Å². The van der Waals surface area contributed by atoms with Crippen LogP contribution in [0.2, 0.25) is 0 Å². The van der Waals surface area contributed by atoms with Crippen molar-refractivity contribution in [3.05, 3.63) is 59.6 Å². The molecule has 0 aliphatic carbocycles. The average molecular weight is 374 g/mol.